The van der Waals surface area contributed by atoms with Crippen molar-refractivity contribution < 1.29 is 23.8 Å². The summed E-state index contributed by atoms with van der Waals surface area (Å²) in [5.41, 5.74) is 3.08. The molecule has 0 fully saturated rings. The summed E-state index contributed by atoms with van der Waals surface area (Å²) in [6, 6.07) is 12.9. The van der Waals surface area contributed by atoms with E-state index in [1.807, 2.05) is 36.4 Å². The molecule has 10 nitrogen and oxygen atoms in total. The predicted octanol–water partition coefficient (Wildman–Crippen LogP) is 5.51. The molecule has 11 heteroatoms. The molecular weight excluding hydrogens is 546 g/mol. The number of Topliss-reactive ketones (excluding diaryl/α,β-unsaturated/α-hetero) is 1. The van der Waals surface area contributed by atoms with Gasteiger partial charge in [-0.3, -0.25) is 4.79 Å². The third-order valence-electron chi connectivity index (χ3n) is 7.21. The van der Waals surface area contributed by atoms with E-state index in [9.17, 15) is 4.79 Å². The molecule has 2 aromatic carbocycles. The lowest BCUT2D eigenvalue weighted by Crippen LogP contribution is -2.33. The van der Waals surface area contributed by atoms with Crippen LogP contribution in [0.2, 0.25) is 5.02 Å². The van der Waals surface area contributed by atoms with Gasteiger partial charge >= 0.3 is 0 Å². The molecule has 0 radical (unpaired) electrons. The zero-order chi connectivity index (χ0) is 28.7. The highest BCUT2D eigenvalue weighted by Gasteiger charge is 2.44. The van der Waals surface area contributed by atoms with Crippen molar-refractivity contribution in [1.82, 2.24) is 19.6 Å². The van der Waals surface area contributed by atoms with Gasteiger partial charge in [0.15, 0.2) is 35.4 Å². The molecule has 4 aromatic rings. The van der Waals surface area contributed by atoms with Crippen LogP contribution in [0.5, 0.6) is 17.4 Å². The lowest BCUT2D eigenvalue weighted by Gasteiger charge is -2.37. The van der Waals surface area contributed by atoms with Crippen LogP contribution < -0.4 is 14.2 Å². The first-order valence-corrected chi connectivity index (χ1v) is 13.5. The highest BCUT2D eigenvalue weighted by atomic mass is 35.5. The molecule has 210 valence electrons. The maximum atomic E-state index is 13.7. The first-order chi connectivity index (χ1) is 19.8. The highest BCUT2D eigenvalue weighted by Crippen LogP contribution is 2.51. The van der Waals surface area contributed by atoms with E-state index in [2.05, 4.69) is 29.1 Å². The number of hydrogen-bond acceptors (Lipinski definition) is 9. The minimum atomic E-state index is -0.496. The Hall–Kier alpha value is -4.44. The number of hydrogen-bond donors (Lipinski definition) is 0. The van der Waals surface area contributed by atoms with E-state index in [0.717, 1.165) is 11.1 Å². The van der Waals surface area contributed by atoms with E-state index in [0.29, 0.717) is 63.6 Å². The number of benzene rings is 2. The molecule has 0 bridgehead atoms. The molecule has 2 aromatic heterocycles. The lowest BCUT2D eigenvalue weighted by atomic mass is 9.70. The number of rotatable bonds is 7. The van der Waals surface area contributed by atoms with Crippen LogP contribution in [-0.2, 0) is 16.2 Å². The summed E-state index contributed by atoms with van der Waals surface area (Å²) in [5.74, 6) is 2.08. The quantitative estimate of drug-likeness (QED) is 0.210. The van der Waals surface area contributed by atoms with Crippen molar-refractivity contribution in [3.63, 3.8) is 0 Å². The number of methoxy groups -OCH3 is 2. The van der Waals surface area contributed by atoms with Crippen LogP contribution in [0.4, 0.5) is 0 Å². The normalized spacial score (nSPS) is 17.8. The summed E-state index contributed by atoms with van der Waals surface area (Å²) in [7, 11) is 3.16. The Morgan fingerprint density at radius 1 is 1.15 bits per heavy atom. The summed E-state index contributed by atoms with van der Waals surface area (Å²) in [6.07, 6.45) is 4.09. The molecule has 2 aliphatic rings. The molecule has 0 N–H and O–H groups in total. The van der Waals surface area contributed by atoms with Gasteiger partial charge in [0.05, 0.1) is 31.9 Å². The first-order valence-electron chi connectivity index (χ1n) is 13.1. The highest BCUT2D eigenvalue weighted by molar-refractivity contribution is 6.33. The van der Waals surface area contributed by atoms with E-state index >= 15 is 0 Å². The fraction of sp³-hybridized carbons (Fsp3) is 0.300. The second-order valence-corrected chi connectivity index (χ2v) is 11.1. The Morgan fingerprint density at radius 3 is 2.73 bits per heavy atom. The minimum Gasteiger partial charge on any atom is -0.493 e. The predicted molar refractivity (Wildman–Crippen MR) is 152 cm³/mol. The van der Waals surface area contributed by atoms with E-state index < -0.39 is 5.92 Å². The number of ether oxygens (including phenoxy) is 3. The van der Waals surface area contributed by atoms with Crippen molar-refractivity contribution in [2.75, 3.05) is 14.2 Å². The fourth-order valence-corrected chi connectivity index (χ4v) is 5.57. The second-order valence-electron chi connectivity index (χ2n) is 10.7. The molecule has 0 amide bonds. The average molecular weight is 574 g/mol. The molecule has 6 rings (SSSR count). The largest absolute Gasteiger partial charge is 0.493 e. The van der Waals surface area contributed by atoms with Gasteiger partial charge in [0.1, 0.15) is 12.1 Å². The molecular formula is C30H28ClN5O5. The number of carbonyl (C=O) groups is 1. The van der Waals surface area contributed by atoms with Crippen molar-refractivity contribution in [3.8, 4) is 17.4 Å². The number of fused-ring (bicyclic) bond motifs is 3. The number of allylic oxidation sites excluding steroid dienone is 2. The molecule has 3 heterocycles. The summed E-state index contributed by atoms with van der Waals surface area (Å²) in [4.78, 5) is 28.5. The summed E-state index contributed by atoms with van der Waals surface area (Å²) in [6.45, 7) is 4.14. The van der Waals surface area contributed by atoms with Crippen LogP contribution in [0.3, 0.4) is 0 Å². The van der Waals surface area contributed by atoms with Crippen LogP contribution in [-0.4, -0.2) is 45.8 Å². The topological polar surface area (TPSA) is 109 Å². The Balaban J connectivity index is 1.41. The second kappa shape index (κ2) is 10.5. The summed E-state index contributed by atoms with van der Waals surface area (Å²) >= 11 is 6.18. The van der Waals surface area contributed by atoms with Gasteiger partial charge in [0.2, 0.25) is 5.88 Å². The maximum Gasteiger partial charge on any atom is 0.228 e. The van der Waals surface area contributed by atoms with Crippen molar-refractivity contribution in [3.05, 3.63) is 87.7 Å². The molecule has 0 saturated heterocycles. The third-order valence-corrected chi connectivity index (χ3v) is 7.56. The number of aromatic nitrogens is 4. The fourth-order valence-electron chi connectivity index (χ4n) is 5.39. The Morgan fingerprint density at radius 2 is 1.95 bits per heavy atom. The van der Waals surface area contributed by atoms with Gasteiger partial charge in [-0.15, -0.1) is 5.10 Å². The Bertz CT molecular complexity index is 1730. The van der Waals surface area contributed by atoms with Gasteiger partial charge in [-0.1, -0.05) is 54.9 Å². The Labute approximate surface area is 241 Å². The van der Waals surface area contributed by atoms with Crippen molar-refractivity contribution in [2.24, 2.45) is 10.6 Å². The number of oxime groups is 1. The van der Waals surface area contributed by atoms with Crippen molar-refractivity contribution >= 4 is 29.2 Å². The van der Waals surface area contributed by atoms with E-state index in [1.54, 1.807) is 31.1 Å². The van der Waals surface area contributed by atoms with E-state index in [1.165, 1.54) is 6.21 Å². The SMILES string of the molecule is COc1ccc([C@@H]2C3=C(CC(C)(C)CC3=O)Oc3ncn4nc(CO/N=C\c5ccccc5Cl)nc4c32)cc1OC. The third kappa shape index (κ3) is 4.99. The van der Waals surface area contributed by atoms with Gasteiger partial charge in [-0.05, 0) is 29.2 Å². The van der Waals surface area contributed by atoms with E-state index in [-0.39, 0.29) is 17.8 Å². The summed E-state index contributed by atoms with van der Waals surface area (Å²) < 4.78 is 18.9. The van der Waals surface area contributed by atoms with Crippen LogP contribution in [0.1, 0.15) is 55.1 Å². The van der Waals surface area contributed by atoms with Crippen LogP contribution >= 0.6 is 11.6 Å². The number of ketones is 1. The van der Waals surface area contributed by atoms with Gasteiger partial charge in [-0.2, -0.15) is 0 Å². The van der Waals surface area contributed by atoms with Gasteiger partial charge < -0.3 is 19.0 Å². The van der Waals surface area contributed by atoms with Crippen molar-refractivity contribution in [2.45, 2.75) is 39.2 Å². The molecule has 0 spiro atoms. The molecule has 41 heavy (non-hydrogen) atoms. The number of nitrogens with zero attached hydrogens (tertiary/aromatic N) is 5. The van der Waals surface area contributed by atoms with Gasteiger partial charge in [-0.25, -0.2) is 14.5 Å². The van der Waals surface area contributed by atoms with Gasteiger partial charge in [0, 0.05) is 29.0 Å². The zero-order valence-corrected chi connectivity index (χ0v) is 23.8. The average Bonchev–Trinajstić information content (AvgIpc) is 3.37. The minimum absolute atomic E-state index is 0.0142. The molecule has 1 aliphatic carbocycles. The smallest absolute Gasteiger partial charge is 0.228 e. The molecule has 1 aliphatic heterocycles. The standard InChI is InChI=1S/C30H28ClN5O5/c1-30(2)12-20(37)26-23(13-30)41-29-27(25(26)17-9-10-21(38-3)22(11-17)39-4)28-34-24(35-36(28)16-32-29)15-40-33-14-18-7-5-6-8-19(18)31/h5-11,14,16,25H,12-13,15H2,1-4H3/b33-14-/t25-/m1/s1. The monoisotopic (exact) mass is 573 g/mol. The van der Waals surface area contributed by atoms with Crippen LogP contribution in [0.15, 0.2) is 65.3 Å². The van der Waals surface area contributed by atoms with Crippen LogP contribution in [0.25, 0.3) is 5.65 Å². The van der Waals surface area contributed by atoms with Crippen LogP contribution in [0, 0.1) is 5.41 Å². The Kier molecular flexibility index (Phi) is 6.86. The van der Waals surface area contributed by atoms with Gasteiger partial charge in [0.25, 0.3) is 0 Å². The van der Waals surface area contributed by atoms with E-state index in [4.69, 9.17) is 35.6 Å². The lowest BCUT2D eigenvalue weighted by molar-refractivity contribution is -0.118. The summed E-state index contributed by atoms with van der Waals surface area (Å²) in [5, 5.41) is 9.12. The molecule has 0 unspecified atom stereocenters. The maximum absolute atomic E-state index is 13.7. The molecule has 1 atom stereocenters. The first kappa shape index (κ1) is 26.8. The zero-order valence-electron chi connectivity index (χ0n) is 23.1. The number of halogens is 1. The number of carbonyl (C=O) groups excluding carboxylic acids is 1. The molecule has 0 saturated carbocycles. The van der Waals surface area contributed by atoms with Crippen molar-refractivity contribution in [1.29, 1.82) is 0 Å².